The number of nitrogens with zero attached hydrogens (tertiary/aromatic N) is 2. The van der Waals surface area contributed by atoms with Crippen LogP contribution in [0.3, 0.4) is 0 Å². The van der Waals surface area contributed by atoms with Crippen molar-refractivity contribution in [2.24, 2.45) is 5.84 Å². The van der Waals surface area contributed by atoms with Crippen molar-refractivity contribution in [3.63, 3.8) is 0 Å². The normalized spacial score (nSPS) is 13.2. The van der Waals surface area contributed by atoms with E-state index in [-0.39, 0.29) is 18.3 Å². The number of sulfonamides is 1. The van der Waals surface area contributed by atoms with Gasteiger partial charge in [-0.25, -0.2) is 13.1 Å². The lowest BCUT2D eigenvalue weighted by Gasteiger charge is -2.20. The zero-order valence-corrected chi connectivity index (χ0v) is 12.8. The smallest absolute Gasteiger partial charge is 0.289 e. The molecule has 1 atom stereocenters. The molecule has 0 spiro atoms. The summed E-state index contributed by atoms with van der Waals surface area (Å²) in [6.45, 7) is 1.96. The Labute approximate surface area is 123 Å². The summed E-state index contributed by atoms with van der Waals surface area (Å²) in [5, 5.41) is 11.0. The number of hydrazine groups is 1. The maximum absolute atomic E-state index is 12.2. The standard InChI is InChI=1S/C11H19N5O4S/c1-8(15(2)3)7-13-21(19,20)11-6-9(14-12)4-5-10(11)16(17)18/h4-6,8,13-14H,7,12H2,1-3H3. The van der Waals surface area contributed by atoms with Crippen molar-refractivity contribution in [2.45, 2.75) is 17.9 Å². The topological polar surface area (TPSA) is 131 Å². The van der Waals surface area contributed by atoms with Crippen LogP contribution in [0, 0.1) is 10.1 Å². The predicted molar refractivity (Wildman–Crippen MR) is 79.2 cm³/mol. The van der Waals surface area contributed by atoms with E-state index in [0.717, 1.165) is 12.1 Å². The SMILES string of the molecule is CC(CNS(=O)(=O)c1cc(NN)ccc1[N+](=O)[O-])N(C)C. The molecule has 1 unspecified atom stereocenters. The molecule has 1 aromatic carbocycles. The number of nitrogen functional groups attached to an aromatic ring is 1. The van der Waals surface area contributed by atoms with E-state index in [1.807, 2.05) is 11.8 Å². The summed E-state index contributed by atoms with van der Waals surface area (Å²) in [5.41, 5.74) is 2.03. The number of anilines is 1. The van der Waals surface area contributed by atoms with E-state index in [9.17, 15) is 18.5 Å². The van der Waals surface area contributed by atoms with Gasteiger partial charge in [0, 0.05) is 18.7 Å². The molecule has 0 radical (unpaired) electrons. The maximum atomic E-state index is 12.2. The van der Waals surface area contributed by atoms with Crippen molar-refractivity contribution in [2.75, 3.05) is 26.1 Å². The van der Waals surface area contributed by atoms with Crippen LogP contribution in [0.2, 0.25) is 0 Å². The Morgan fingerprint density at radius 3 is 2.52 bits per heavy atom. The van der Waals surface area contributed by atoms with E-state index in [1.165, 1.54) is 6.07 Å². The number of benzene rings is 1. The van der Waals surface area contributed by atoms with Gasteiger partial charge in [0.15, 0.2) is 4.90 Å². The first-order valence-corrected chi connectivity index (χ1v) is 7.58. The Bertz CT molecular complexity index is 617. The van der Waals surface area contributed by atoms with E-state index >= 15 is 0 Å². The average Bonchev–Trinajstić information content (AvgIpc) is 2.43. The summed E-state index contributed by atoms with van der Waals surface area (Å²) in [6.07, 6.45) is 0. The molecular weight excluding hydrogens is 298 g/mol. The molecule has 0 bridgehead atoms. The fourth-order valence-electron chi connectivity index (χ4n) is 1.46. The molecule has 21 heavy (non-hydrogen) atoms. The van der Waals surface area contributed by atoms with Gasteiger partial charge >= 0.3 is 0 Å². The van der Waals surface area contributed by atoms with Crippen LogP contribution in [0.4, 0.5) is 11.4 Å². The van der Waals surface area contributed by atoms with Gasteiger partial charge in [-0.15, -0.1) is 0 Å². The number of nitrogens with two attached hydrogens (primary N) is 1. The van der Waals surface area contributed by atoms with Crippen LogP contribution in [-0.2, 0) is 10.0 Å². The van der Waals surface area contributed by atoms with Gasteiger partial charge in [0.2, 0.25) is 10.0 Å². The van der Waals surface area contributed by atoms with Gasteiger partial charge < -0.3 is 10.3 Å². The maximum Gasteiger partial charge on any atom is 0.289 e. The molecule has 0 aliphatic rings. The first kappa shape index (κ1) is 17.3. The number of nitro groups is 1. The first-order chi connectivity index (χ1) is 9.69. The molecule has 0 aromatic heterocycles. The first-order valence-electron chi connectivity index (χ1n) is 6.10. The molecule has 0 saturated heterocycles. The zero-order valence-electron chi connectivity index (χ0n) is 12.0. The highest BCUT2D eigenvalue weighted by Gasteiger charge is 2.26. The Balaban J connectivity index is 3.14. The van der Waals surface area contributed by atoms with Crippen molar-refractivity contribution >= 4 is 21.4 Å². The fourth-order valence-corrected chi connectivity index (χ4v) is 2.78. The van der Waals surface area contributed by atoms with Crippen LogP contribution in [0.15, 0.2) is 23.1 Å². The lowest BCUT2D eigenvalue weighted by Crippen LogP contribution is -2.38. The highest BCUT2D eigenvalue weighted by atomic mass is 32.2. The number of likely N-dealkylation sites (N-methyl/N-ethyl adjacent to an activating group) is 1. The summed E-state index contributed by atoms with van der Waals surface area (Å²) in [5.74, 6) is 5.21. The summed E-state index contributed by atoms with van der Waals surface area (Å²) < 4.78 is 26.9. The molecule has 1 aromatic rings. The zero-order chi connectivity index (χ0) is 16.2. The third kappa shape index (κ3) is 4.36. The van der Waals surface area contributed by atoms with Crippen LogP contribution >= 0.6 is 0 Å². The minimum Gasteiger partial charge on any atom is -0.324 e. The van der Waals surface area contributed by atoms with E-state index in [2.05, 4.69) is 10.1 Å². The van der Waals surface area contributed by atoms with Gasteiger partial charge in [-0.3, -0.25) is 16.0 Å². The van der Waals surface area contributed by atoms with E-state index < -0.39 is 25.5 Å². The van der Waals surface area contributed by atoms with Crippen molar-refractivity contribution in [1.29, 1.82) is 0 Å². The second-order valence-electron chi connectivity index (χ2n) is 4.75. The number of rotatable bonds is 7. The van der Waals surface area contributed by atoms with Crippen LogP contribution in [0.25, 0.3) is 0 Å². The summed E-state index contributed by atoms with van der Waals surface area (Å²) in [7, 11) is -0.399. The van der Waals surface area contributed by atoms with Crippen LogP contribution in [0.5, 0.6) is 0 Å². The van der Waals surface area contributed by atoms with Crippen LogP contribution in [-0.4, -0.2) is 44.9 Å². The van der Waals surface area contributed by atoms with Gasteiger partial charge in [-0.1, -0.05) is 0 Å². The summed E-state index contributed by atoms with van der Waals surface area (Å²) in [4.78, 5) is 11.6. The second kappa shape index (κ2) is 6.80. The molecule has 118 valence electrons. The van der Waals surface area contributed by atoms with Gasteiger partial charge in [0.25, 0.3) is 5.69 Å². The van der Waals surface area contributed by atoms with Crippen LogP contribution in [0.1, 0.15) is 6.92 Å². The van der Waals surface area contributed by atoms with Crippen molar-refractivity contribution in [3.05, 3.63) is 28.3 Å². The average molecular weight is 317 g/mol. The highest BCUT2D eigenvalue weighted by Crippen LogP contribution is 2.26. The van der Waals surface area contributed by atoms with Gasteiger partial charge in [0.1, 0.15) is 0 Å². The second-order valence-corrected chi connectivity index (χ2v) is 6.48. The van der Waals surface area contributed by atoms with E-state index in [0.29, 0.717) is 0 Å². The molecule has 0 fully saturated rings. The minimum absolute atomic E-state index is 0.0605. The van der Waals surface area contributed by atoms with Crippen molar-refractivity contribution in [1.82, 2.24) is 9.62 Å². The van der Waals surface area contributed by atoms with Crippen molar-refractivity contribution in [3.8, 4) is 0 Å². The predicted octanol–water partition coefficient (Wildman–Crippen LogP) is 0.109. The van der Waals surface area contributed by atoms with Gasteiger partial charge in [-0.05, 0) is 33.2 Å². The van der Waals surface area contributed by atoms with Gasteiger partial charge in [0.05, 0.1) is 10.6 Å². The van der Waals surface area contributed by atoms with E-state index in [4.69, 9.17) is 5.84 Å². The van der Waals surface area contributed by atoms with E-state index in [1.54, 1.807) is 14.1 Å². The molecule has 0 heterocycles. The Kier molecular flexibility index (Phi) is 5.61. The molecule has 0 aliphatic carbocycles. The quantitative estimate of drug-likeness (QED) is 0.369. The molecular formula is C11H19N5O4S. The molecule has 1 rings (SSSR count). The number of nitrogens with one attached hydrogen (secondary N) is 2. The van der Waals surface area contributed by atoms with Crippen LogP contribution < -0.4 is 16.0 Å². The summed E-state index contributed by atoms with van der Waals surface area (Å²) in [6, 6.07) is 3.49. The molecule has 10 heteroatoms. The molecule has 4 N–H and O–H groups in total. The van der Waals surface area contributed by atoms with Gasteiger partial charge in [-0.2, -0.15) is 0 Å². The molecule has 9 nitrogen and oxygen atoms in total. The molecule has 0 amide bonds. The largest absolute Gasteiger partial charge is 0.324 e. The monoisotopic (exact) mass is 317 g/mol. The Morgan fingerprint density at radius 2 is 2.05 bits per heavy atom. The number of nitro benzene ring substituents is 1. The highest BCUT2D eigenvalue weighted by molar-refractivity contribution is 7.89. The molecule has 0 aliphatic heterocycles. The third-order valence-electron chi connectivity index (χ3n) is 3.06. The Hall–Kier alpha value is -1.75. The fraction of sp³-hybridized carbons (Fsp3) is 0.455. The Morgan fingerprint density at radius 1 is 1.43 bits per heavy atom. The third-order valence-corrected chi connectivity index (χ3v) is 4.52. The summed E-state index contributed by atoms with van der Waals surface area (Å²) >= 11 is 0. The number of hydrogen-bond donors (Lipinski definition) is 3. The minimum atomic E-state index is -4.01. The number of hydrogen-bond acceptors (Lipinski definition) is 7. The lowest BCUT2D eigenvalue weighted by molar-refractivity contribution is -0.387. The lowest BCUT2D eigenvalue weighted by atomic mass is 10.3. The molecule has 0 saturated carbocycles. The van der Waals surface area contributed by atoms with Crippen molar-refractivity contribution < 1.29 is 13.3 Å².